The van der Waals surface area contributed by atoms with Crippen LogP contribution in [0.3, 0.4) is 0 Å². The minimum absolute atomic E-state index is 0.0536. The summed E-state index contributed by atoms with van der Waals surface area (Å²) in [4.78, 5) is 28.5. The Labute approximate surface area is 134 Å². The van der Waals surface area contributed by atoms with Crippen LogP contribution in [-0.2, 0) is 11.2 Å². The first-order chi connectivity index (χ1) is 11.0. The lowest BCUT2D eigenvalue weighted by Gasteiger charge is -2.16. The summed E-state index contributed by atoms with van der Waals surface area (Å²) in [6.45, 7) is 5.49. The Kier molecular flexibility index (Phi) is 5.11. The standard InChI is InChI=1S/C18H19NO4/c1-4-13-11(3)14(17(20)21)15(12-9-7-6-8-10-12)16(19-13)18(22)23-5-2/h6-10H,4-5H2,1-3H3,(H,20,21). The molecule has 5 nitrogen and oxygen atoms in total. The van der Waals surface area contributed by atoms with E-state index in [0.29, 0.717) is 28.8 Å². The van der Waals surface area contributed by atoms with Gasteiger partial charge in [0.2, 0.25) is 0 Å². The van der Waals surface area contributed by atoms with Gasteiger partial charge in [0.25, 0.3) is 0 Å². The van der Waals surface area contributed by atoms with Gasteiger partial charge in [0.1, 0.15) is 0 Å². The van der Waals surface area contributed by atoms with Crippen LogP contribution < -0.4 is 0 Å². The largest absolute Gasteiger partial charge is 0.478 e. The monoisotopic (exact) mass is 313 g/mol. The molecule has 1 aromatic carbocycles. The molecule has 0 bridgehead atoms. The topological polar surface area (TPSA) is 76.5 Å². The Morgan fingerprint density at radius 1 is 1.17 bits per heavy atom. The number of carboxylic acids is 1. The van der Waals surface area contributed by atoms with E-state index in [4.69, 9.17) is 4.74 Å². The summed E-state index contributed by atoms with van der Waals surface area (Å²) >= 11 is 0. The lowest BCUT2D eigenvalue weighted by atomic mass is 9.93. The minimum atomic E-state index is -1.08. The molecule has 5 heteroatoms. The van der Waals surface area contributed by atoms with E-state index in [2.05, 4.69) is 4.98 Å². The maximum atomic E-state index is 12.3. The summed E-state index contributed by atoms with van der Waals surface area (Å²) < 4.78 is 5.07. The van der Waals surface area contributed by atoms with Crippen LogP contribution in [0.1, 0.15) is 46.0 Å². The van der Waals surface area contributed by atoms with Gasteiger partial charge in [-0.2, -0.15) is 0 Å². The molecule has 0 fully saturated rings. The third-order valence-electron chi connectivity index (χ3n) is 3.62. The van der Waals surface area contributed by atoms with Gasteiger partial charge in [-0.3, -0.25) is 0 Å². The van der Waals surface area contributed by atoms with Crippen LogP contribution in [0, 0.1) is 6.92 Å². The molecular weight excluding hydrogens is 294 g/mol. The van der Waals surface area contributed by atoms with Crippen molar-refractivity contribution in [3.05, 3.63) is 52.8 Å². The average Bonchev–Trinajstić information content (AvgIpc) is 2.54. The zero-order valence-corrected chi connectivity index (χ0v) is 13.4. The van der Waals surface area contributed by atoms with Crippen molar-refractivity contribution in [3.8, 4) is 11.1 Å². The van der Waals surface area contributed by atoms with Crippen LogP contribution in [0.25, 0.3) is 11.1 Å². The molecule has 2 aromatic rings. The van der Waals surface area contributed by atoms with E-state index in [-0.39, 0.29) is 17.9 Å². The molecule has 1 aromatic heterocycles. The predicted octanol–water partition coefficient (Wildman–Crippen LogP) is 3.49. The van der Waals surface area contributed by atoms with Crippen LogP contribution in [-0.4, -0.2) is 28.6 Å². The van der Waals surface area contributed by atoms with E-state index in [0.717, 1.165) is 0 Å². The first kappa shape index (κ1) is 16.7. The van der Waals surface area contributed by atoms with Gasteiger partial charge in [0, 0.05) is 11.3 Å². The van der Waals surface area contributed by atoms with Crippen molar-refractivity contribution in [1.82, 2.24) is 4.98 Å². The number of ether oxygens (including phenoxy) is 1. The highest BCUT2D eigenvalue weighted by atomic mass is 16.5. The molecule has 0 unspecified atom stereocenters. The molecule has 120 valence electrons. The van der Waals surface area contributed by atoms with Crippen LogP contribution in [0.4, 0.5) is 0 Å². The summed E-state index contributed by atoms with van der Waals surface area (Å²) in [5.41, 5.74) is 2.26. The number of carboxylic acid groups (broad SMARTS) is 1. The van der Waals surface area contributed by atoms with Crippen molar-refractivity contribution in [1.29, 1.82) is 0 Å². The molecule has 0 atom stereocenters. The van der Waals surface area contributed by atoms with E-state index in [1.165, 1.54) is 0 Å². The molecule has 0 saturated carbocycles. The smallest absolute Gasteiger partial charge is 0.357 e. The number of carbonyl (C=O) groups excluding carboxylic acids is 1. The fraction of sp³-hybridized carbons (Fsp3) is 0.278. The molecule has 0 aliphatic rings. The summed E-state index contributed by atoms with van der Waals surface area (Å²) in [6, 6.07) is 8.93. The number of benzene rings is 1. The molecular formula is C18H19NO4. The van der Waals surface area contributed by atoms with Crippen molar-refractivity contribution in [2.24, 2.45) is 0 Å². The lowest BCUT2D eigenvalue weighted by molar-refractivity contribution is 0.0520. The Bertz CT molecular complexity index is 738. The summed E-state index contributed by atoms with van der Waals surface area (Å²) in [5.74, 6) is -1.69. The molecule has 1 N–H and O–H groups in total. The summed E-state index contributed by atoms with van der Waals surface area (Å²) in [7, 11) is 0. The van der Waals surface area contributed by atoms with Gasteiger partial charge >= 0.3 is 11.9 Å². The number of carbonyl (C=O) groups is 2. The van der Waals surface area contributed by atoms with Crippen LogP contribution >= 0.6 is 0 Å². The summed E-state index contributed by atoms with van der Waals surface area (Å²) in [6.07, 6.45) is 0.535. The maximum absolute atomic E-state index is 12.3. The maximum Gasteiger partial charge on any atom is 0.357 e. The molecule has 0 aliphatic carbocycles. The van der Waals surface area contributed by atoms with Gasteiger partial charge in [-0.15, -0.1) is 0 Å². The van der Waals surface area contributed by atoms with E-state index in [9.17, 15) is 14.7 Å². The third kappa shape index (κ3) is 3.23. The number of esters is 1. The number of aryl methyl sites for hydroxylation is 1. The number of hydrogen-bond donors (Lipinski definition) is 1. The first-order valence-corrected chi connectivity index (χ1v) is 7.50. The number of rotatable bonds is 5. The predicted molar refractivity (Wildman–Crippen MR) is 86.7 cm³/mol. The number of aromatic nitrogens is 1. The van der Waals surface area contributed by atoms with Gasteiger partial charge in [-0.1, -0.05) is 37.3 Å². The molecule has 1 heterocycles. The number of aromatic carboxylic acids is 1. The Morgan fingerprint density at radius 3 is 2.35 bits per heavy atom. The lowest BCUT2D eigenvalue weighted by Crippen LogP contribution is -2.16. The normalized spacial score (nSPS) is 10.4. The highest BCUT2D eigenvalue weighted by Gasteiger charge is 2.26. The Morgan fingerprint density at radius 2 is 1.83 bits per heavy atom. The fourth-order valence-electron chi connectivity index (χ4n) is 2.57. The molecule has 0 aliphatic heterocycles. The van der Waals surface area contributed by atoms with Crippen LogP contribution in [0.2, 0.25) is 0 Å². The number of nitrogens with zero attached hydrogens (tertiary/aromatic N) is 1. The molecule has 0 saturated heterocycles. The van der Waals surface area contributed by atoms with Crippen molar-refractivity contribution < 1.29 is 19.4 Å². The van der Waals surface area contributed by atoms with E-state index in [1.54, 1.807) is 38.1 Å². The van der Waals surface area contributed by atoms with Gasteiger partial charge in [0.15, 0.2) is 5.69 Å². The highest BCUT2D eigenvalue weighted by Crippen LogP contribution is 2.31. The fourth-order valence-corrected chi connectivity index (χ4v) is 2.57. The van der Waals surface area contributed by atoms with Crippen molar-refractivity contribution in [2.45, 2.75) is 27.2 Å². The SMILES string of the molecule is CCOC(=O)c1nc(CC)c(C)c(C(=O)O)c1-c1ccccc1. The Hall–Kier alpha value is -2.69. The van der Waals surface area contributed by atoms with Crippen LogP contribution in [0.5, 0.6) is 0 Å². The zero-order valence-electron chi connectivity index (χ0n) is 13.4. The third-order valence-corrected chi connectivity index (χ3v) is 3.62. The van der Waals surface area contributed by atoms with Gasteiger partial charge in [-0.05, 0) is 31.4 Å². The second-order valence-electron chi connectivity index (χ2n) is 5.03. The van der Waals surface area contributed by atoms with Crippen LogP contribution in [0.15, 0.2) is 30.3 Å². The number of pyridine rings is 1. The number of hydrogen-bond acceptors (Lipinski definition) is 4. The zero-order chi connectivity index (χ0) is 17.0. The van der Waals surface area contributed by atoms with E-state index in [1.807, 2.05) is 13.0 Å². The van der Waals surface area contributed by atoms with Crippen molar-refractivity contribution in [3.63, 3.8) is 0 Å². The first-order valence-electron chi connectivity index (χ1n) is 7.50. The average molecular weight is 313 g/mol. The molecule has 0 spiro atoms. The van der Waals surface area contributed by atoms with Gasteiger partial charge in [0.05, 0.1) is 12.2 Å². The quantitative estimate of drug-likeness (QED) is 0.855. The van der Waals surface area contributed by atoms with Gasteiger partial charge in [-0.25, -0.2) is 14.6 Å². The van der Waals surface area contributed by atoms with E-state index < -0.39 is 11.9 Å². The molecule has 0 radical (unpaired) electrons. The van der Waals surface area contributed by atoms with E-state index >= 15 is 0 Å². The second kappa shape index (κ2) is 7.05. The minimum Gasteiger partial charge on any atom is -0.478 e. The molecule has 23 heavy (non-hydrogen) atoms. The second-order valence-corrected chi connectivity index (χ2v) is 5.03. The molecule has 2 rings (SSSR count). The van der Waals surface area contributed by atoms with Gasteiger partial charge < -0.3 is 9.84 Å². The Balaban J connectivity index is 2.86. The summed E-state index contributed by atoms with van der Waals surface area (Å²) in [5, 5.41) is 9.68. The van der Waals surface area contributed by atoms with Crippen molar-refractivity contribution >= 4 is 11.9 Å². The molecule has 0 amide bonds. The highest BCUT2D eigenvalue weighted by molar-refractivity contribution is 6.05. The van der Waals surface area contributed by atoms with Crippen molar-refractivity contribution in [2.75, 3.05) is 6.61 Å².